The van der Waals surface area contributed by atoms with Crippen LogP contribution in [0.15, 0.2) is 151 Å². The molecule has 0 radical (unpaired) electrons. The number of nitrogens with zero attached hydrogens (tertiary/aromatic N) is 2. The molecule has 0 aliphatic rings. The minimum atomic E-state index is -2.54. The van der Waals surface area contributed by atoms with Gasteiger partial charge in [-0.05, 0) is 92.1 Å². The van der Waals surface area contributed by atoms with Crippen molar-refractivity contribution in [2.45, 2.75) is 6.85 Å². The first-order valence-electron chi connectivity index (χ1n) is 19.0. The zero-order chi connectivity index (χ0) is 37.5. The van der Waals surface area contributed by atoms with Crippen LogP contribution in [0.3, 0.4) is 0 Å². The number of benzene rings is 7. The van der Waals surface area contributed by atoms with Gasteiger partial charge in [0.05, 0.1) is 22.0 Å². The van der Waals surface area contributed by atoms with Crippen LogP contribution < -0.4 is 0 Å². The predicted molar refractivity (Wildman–Crippen MR) is 177 cm³/mol. The van der Waals surface area contributed by atoms with Crippen molar-refractivity contribution >= 4 is 32.6 Å². The number of hydrogen-bond donors (Lipinski definition) is 0. The van der Waals surface area contributed by atoms with E-state index < -0.39 is 31.0 Å². The molecular weight excluding hydrogens is 508 g/mol. The minimum Gasteiger partial charge on any atom is -0.297 e. The molecule has 1 heterocycles. The molecule has 0 N–H and O–H groups in total. The average molecular weight is 548 g/mol. The molecule has 0 amide bonds. The fourth-order valence-electron chi connectivity index (χ4n) is 5.75. The fourth-order valence-corrected chi connectivity index (χ4v) is 5.75. The smallest absolute Gasteiger partial charge is 0.111 e. The van der Waals surface area contributed by atoms with Gasteiger partial charge in [-0.3, -0.25) is 4.57 Å². The van der Waals surface area contributed by atoms with E-state index in [9.17, 15) is 5.48 Å². The Bertz CT molecular complexity index is 2710. The average Bonchev–Trinajstić information content (AvgIpc) is 3.58. The van der Waals surface area contributed by atoms with Gasteiger partial charge >= 0.3 is 0 Å². The second-order valence-corrected chi connectivity index (χ2v) is 10.0. The predicted octanol–water partition coefficient (Wildman–Crippen LogP) is 10.6. The lowest BCUT2D eigenvalue weighted by molar-refractivity contribution is 1.00. The molecule has 42 heavy (non-hydrogen) atoms. The molecule has 1 aromatic heterocycles. The molecule has 2 nitrogen and oxygen atoms in total. The molecule has 0 unspecified atom stereocenters. The monoisotopic (exact) mass is 547 g/mol. The molecular formula is C40H28N2. The Morgan fingerprint density at radius 1 is 0.548 bits per heavy atom. The lowest BCUT2D eigenvalue weighted by atomic mass is 9.85. The van der Waals surface area contributed by atoms with E-state index in [2.05, 4.69) is 4.98 Å². The van der Waals surface area contributed by atoms with Gasteiger partial charge in [-0.25, -0.2) is 4.98 Å². The third-order valence-electron chi connectivity index (χ3n) is 7.61. The van der Waals surface area contributed by atoms with Gasteiger partial charge in [0.15, 0.2) is 0 Å². The number of imidazole rings is 1. The van der Waals surface area contributed by atoms with Crippen molar-refractivity contribution in [1.82, 2.24) is 9.55 Å². The Morgan fingerprint density at radius 3 is 1.79 bits per heavy atom. The van der Waals surface area contributed by atoms with Gasteiger partial charge in [0, 0.05) is 9.80 Å². The number of aryl methyl sites for hydroxylation is 1. The Hall–Kier alpha value is -5.47. The van der Waals surface area contributed by atoms with E-state index in [4.69, 9.17) is 9.60 Å². The maximum absolute atomic E-state index is 9.23. The molecule has 198 valence electrons. The Labute approximate surface area is 260 Å². The van der Waals surface area contributed by atoms with Crippen molar-refractivity contribution in [1.29, 1.82) is 0 Å². The minimum absolute atomic E-state index is 0.0951. The van der Waals surface area contributed by atoms with Crippen LogP contribution in [0, 0.1) is 6.85 Å². The summed E-state index contributed by atoms with van der Waals surface area (Å²) in [5.74, 6) is -0.132. The summed E-state index contributed by atoms with van der Waals surface area (Å²) >= 11 is 0. The van der Waals surface area contributed by atoms with Crippen LogP contribution in [0.1, 0.15) is 20.9 Å². The quantitative estimate of drug-likeness (QED) is 0.200. The van der Waals surface area contributed by atoms with Crippen molar-refractivity contribution in [2.24, 2.45) is 0 Å². The Morgan fingerprint density at radius 2 is 1.12 bits per heavy atom. The Kier molecular flexibility index (Phi) is 3.64. The summed E-state index contributed by atoms with van der Waals surface area (Å²) in [6.45, 7) is -2.54. The van der Waals surface area contributed by atoms with Gasteiger partial charge in [0.25, 0.3) is 0 Å². The normalized spacial score (nSPS) is 15.5. The van der Waals surface area contributed by atoms with Gasteiger partial charge in [-0.15, -0.1) is 0 Å². The number of fused-ring (bicyclic) bond motifs is 3. The van der Waals surface area contributed by atoms with Gasteiger partial charge < -0.3 is 0 Å². The highest BCUT2D eigenvalue weighted by molar-refractivity contribution is 6.21. The van der Waals surface area contributed by atoms with Crippen LogP contribution in [0.4, 0.5) is 0 Å². The van der Waals surface area contributed by atoms with Crippen LogP contribution in [-0.4, -0.2) is 9.55 Å². The summed E-state index contributed by atoms with van der Waals surface area (Å²) in [5, 5.41) is 0.418. The van der Waals surface area contributed by atoms with Crippen molar-refractivity contribution in [3.63, 3.8) is 0 Å². The highest BCUT2D eigenvalue weighted by Gasteiger charge is 2.17. The van der Waals surface area contributed by atoms with Crippen LogP contribution in [0.25, 0.3) is 71.6 Å². The van der Waals surface area contributed by atoms with E-state index in [1.54, 1.807) is 59.2 Å². The van der Waals surface area contributed by atoms with E-state index in [1.165, 1.54) is 0 Å². The summed E-state index contributed by atoms with van der Waals surface area (Å²) in [5.41, 5.74) is 4.65. The zero-order valence-corrected chi connectivity index (χ0v) is 22.2. The van der Waals surface area contributed by atoms with Crippen molar-refractivity contribution in [3.8, 4) is 39.1 Å². The van der Waals surface area contributed by atoms with E-state index in [-0.39, 0.29) is 62.7 Å². The molecule has 2 heteroatoms. The molecule has 0 spiro atoms. The number of rotatable bonds is 4. The molecule has 0 aliphatic heterocycles. The summed E-state index contributed by atoms with van der Waals surface area (Å²) in [4.78, 5) is 4.40. The summed E-state index contributed by atoms with van der Waals surface area (Å²) in [6, 6.07) is 27.3. The molecule has 0 fully saturated rings. The van der Waals surface area contributed by atoms with Crippen LogP contribution in [0.5, 0.6) is 0 Å². The highest BCUT2D eigenvalue weighted by Crippen LogP contribution is 2.44. The molecule has 0 aliphatic carbocycles. The molecule has 0 saturated carbocycles. The lowest BCUT2D eigenvalue weighted by Crippen LogP contribution is -1.97. The van der Waals surface area contributed by atoms with Gasteiger partial charge in [-0.2, -0.15) is 0 Å². The topological polar surface area (TPSA) is 17.8 Å². The second kappa shape index (κ2) is 9.87. The van der Waals surface area contributed by atoms with Gasteiger partial charge in [-0.1, -0.05) is 121 Å². The number of para-hydroxylation sites is 2. The molecule has 8 aromatic rings. The summed E-state index contributed by atoms with van der Waals surface area (Å²) in [7, 11) is 0. The fraction of sp³-hybridized carbons (Fsp3) is 0.0250. The first kappa shape index (κ1) is 15.5. The van der Waals surface area contributed by atoms with Gasteiger partial charge in [0.1, 0.15) is 5.82 Å². The largest absolute Gasteiger partial charge is 0.297 e. The van der Waals surface area contributed by atoms with Crippen molar-refractivity contribution in [3.05, 3.63) is 157 Å². The van der Waals surface area contributed by atoms with Crippen molar-refractivity contribution < 1.29 is 15.1 Å². The van der Waals surface area contributed by atoms with Crippen LogP contribution in [-0.2, 0) is 0 Å². The number of hydrogen-bond acceptors (Lipinski definition) is 1. The van der Waals surface area contributed by atoms with E-state index >= 15 is 0 Å². The van der Waals surface area contributed by atoms with Gasteiger partial charge in [0.2, 0.25) is 0 Å². The van der Waals surface area contributed by atoms with E-state index in [1.807, 2.05) is 48.5 Å². The SMILES string of the molecule is [2H]c1c([2H])c([2H])c2c(-c3cccc(-c4ccccc4)c3)c3c([2H])c([2H])c([2H])c([2H])c3c(-c3ccc(-n4c(C([2H])([2H])[2H])nc5ccccc54)cc3)c2c1[2H]. The molecule has 0 bridgehead atoms. The Balaban J connectivity index is 1.50. The molecule has 8 rings (SSSR count). The number of aromatic nitrogens is 2. The third-order valence-corrected chi connectivity index (χ3v) is 7.61. The summed E-state index contributed by atoms with van der Waals surface area (Å²) < 4.78 is 97.8. The van der Waals surface area contributed by atoms with E-state index in [0.29, 0.717) is 27.8 Å². The van der Waals surface area contributed by atoms with E-state index in [0.717, 1.165) is 11.1 Å². The zero-order valence-electron chi connectivity index (χ0n) is 33.2. The first-order chi connectivity index (χ1) is 25.3. The molecule has 7 aromatic carbocycles. The maximum atomic E-state index is 9.23. The molecule has 0 saturated heterocycles. The third kappa shape index (κ3) is 3.92. The first-order valence-corrected chi connectivity index (χ1v) is 13.5. The standard InChI is InChI=1S/C40H28N2/c1-27-41-37-20-9-10-21-38(37)42(27)32-24-22-29(23-25-32)39-33-16-5-7-18-35(33)40(36-19-8-6-17-34(36)39)31-15-11-14-30(26-31)28-12-3-2-4-13-28/h2-26H,1H3/i1D3,5D,6D,7D,8D,16D,17D,18D,19D. The second-order valence-electron chi connectivity index (χ2n) is 10.0. The highest BCUT2D eigenvalue weighted by atomic mass is 15.1. The van der Waals surface area contributed by atoms with Crippen LogP contribution >= 0.6 is 0 Å². The molecule has 0 atom stereocenters. The lowest BCUT2D eigenvalue weighted by Gasteiger charge is -2.18. The van der Waals surface area contributed by atoms with Crippen LogP contribution in [0.2, 0.25) is 0 Å². The summed E-state index contributed by atoms with van der Waals surface area (Å²) in [6.07, 6.45) is 0. The van der Waals surface area contributed by atoms with Crippen molar-refractivity contribution in [2.75, 3.05) is 0 Å². The maximum Gasteiger partial charge on any atom is 0.111 e.